The lowest BCUT2D eigenvalue weighted by Crippen LogP contribution is -2.28. The summed E-state index contributed by atoms with van der Waals surface area (Å²) in [6.07, 6.45) is 0.798. The summed E-state index contributed by atoms with van der Waals surface area (Å²) >= 11 is 12.6. The molecule has 114 valence electrons. The second-order valence-electron chi connectivity index (χ2n) is 5.57. The molecule has 2 aromatic rings. The number of amides is 1. The van der Waals surface area contributed by atoms with Crippen LogP contribution in [-0.4, -0.2) is 16.8 Å². The van der Waals surface area contributed by atoms with Crippen molar-refractivity contribution in [3.05, 3.63) is 71.8 Å². The summed E-state index contributed by atoms with van der Waals surface area (Å²) in [5.41, 5.74) is 2.21. The number of alkyl halides is 2. The number of carbonyl (C=O) groups excluding carboxylic acids is 1. The van der Waals surface area contributed by atoms with E-state index in [9.17, 15) is 4.79 Å². The lowest BCUT2D eigenvalue weighted by molar-refractivity contribution is -0.122. The van der Waals surface area contributed by atoms with Crippen molar-refractivity contribution in [3.63, 3.8) is 0 Å². The van der Waals surface area contributed by atoms with Crippen LogP contribution in [0.15, 0.2) is 60.7 Å². The molecular formula is C18H17Cl2NO. The second-order valence-corrected chi connectivity index (χ2v) is 7.01. The molecule has 2 unspecified atom stereocenters. The number of rotatable bonds is 5. The van der Waals surface area contributed by atoms with E-state index in [4.69, 9.17) is 23.2 Å². The molecule has 0 aromatic heterocycles. The van der Waals surface area contributed by atoms with Gasteiger partial charge in [-0.05, 0) is 17.5 Å². The quantitative estimate of drug-likeness (QED) is 0.825. The fourth-order valence-corrected chi connectivity index (χ4v) is 3.64. The highest BCUT2D eigenvalue weighted by atomic mass is 35.5. The van der Waals surface area contributed by atoms with Crippen LogP contribution < -0.4 is 5.32 Å². The van der Waals surface area contributed by atoms with Gasteiger partial charge in [0.05, 0.1) is 5.92 Å². The summed E-state index contributed by atoms with van der Waals surface area (Å²) in [5.74, 6) is -0.586. The van der Waals surface area contributed by atoms with Gasteiger partial charge in [0.15, 0.2) is 0 Å². The molecule has 1 N–H and O–H groups in total. The Kier molecular flexibility index (Phi) is 4.42. The Bertz CT molecular complexity index is 643. The molecule has 0 heterocycles. The van der Waals surface area contributed by atoms with Crippen molar-refractivity contribution < 1.29 is 4.79 Å². The van der Waals surface area contributed by atoms with Crippen molar-refractivity contribution in [2.75, 3.05) is 6.54 Å². The van der Waals surface area contributed by atoms with Gasteiger partial charge in [-0.1, -0.05) is 60.7 Å². The predicted octanol–water partition coefficient (Wildman–Crippen LogP) is 3.93. The van der Waals surface area contributed by atoms with Crippen molar-refractivity contribution in [3.8, 4) is 0 Å². The van der Waals surface area contributed by atoms with Gasteiger partial charge in [0.2, 0.25) is 5.91 Å². The van der Waals surface area contributed by atoms with E-state index in [1.807, 2.05) is 60.7 Å². The molecule has 1 amide bonds. The van der Waals surface area contributed by atoms with Crippen LogP contribution >= 0.6 is 23.2 Å². The Morgan fingerprint density at radius 2 is 1.59 bits per heavy atom. The molecule has 2 aromatic carbocycles. The van der Waals surface area contributed by atoms with Crippen molar-refractivity contribution in [2.45, 2.75) is 16.7 Å². The minimum Gasteiger partial charge on any atom is -0.355 e. The number of nitrogens with one attached hydrogen (secondary N) is 1. The van der Waals surface area contributed by atoms with Crippen LogP contribution in [0.5, 0.6) is 0 Å². The van der Waals surface area contributed by atoms with Crippen LogP contribution in [0.3, 0.4) is 0 Å². The summed E-state index contributed by atoms with van der Waals surface area (Å²) < 4.78 is -1.00. The minimum absolute atomic E-state index is 0.0743. The Morgan fingerprint density at radius 1 is 1.00 bits per heavy atom. The normalized spacial score (nSPS) is 22.1. The Morgan fingerprint density at radius 3 is 2.23 bits per heavy atom. The van der Waals surface area contributed by atoms with Gasteiger partial charge >= 0.3 is 0 Å². The summed E-state index contributed by atoms with van der Waals surface area (Å²) in [7, 11) is 0. The molecule has 1 aliphatic carbocycles. The molecule has 0 bridgehead atoms. The molecule has 4 heteroatoms. The van der Waals surface area contributed by atoms with Crippen LogP contribution in [0.1, 0.15) is 17.0 Å². The van der Waals surface area contributed by atoms with E-state index in [-0.39, 0.29) is 17.7 Å². The molecule has 1 saturated carbocycles. The third kappa shape index (κ3) is 3.13. The molecule has 0 saturated heterocycles. The van der Waals surface area contributed by atoms with Crippen molar-refractivity contribution in [1.29, 1.82) is 0 Å². The van der Waals surface area contributed by atoms with Gasteiger partial charge in [0, 0.05) is 12.5 Å². The Hall–Kier alpha value is -1.51. The van der Waals surface area contributed by atoms with Gasteiger partial charge in [-0.3, -0.25) is 4.79 Å². The minimum atomic E-state index is -1.00. The molecule has 1 aliphatic rings. The highest BCUT2D eigenvalue weighted by Crippen LogP contribution is 2.64. The van der Waals surface area contributed by atoms with Gasteiger partial charge in [-0.25, -0.2) is 0 Å². The number of benzene rings is 2. The molecular weight excluding hydrogens is 317 g/mol. The van der Waals surface area contributed by atoms with E-state index in [0.717, 1.165) is 12.0 Å². The average Bonchev–Trinajstić information content (AvgIpc) is 3.12. The Balaban J connectivity index is 1.57. The number of hydrogen-bond acceptors (Lipinski definition) is 1. The van der Waals surface area contributed by atoms with Gasteiger partial charge in [0.1, 0.15) is 4.33 Å². The molecule has 0 aliphatic heterocycles. The monoisotopic (exact) mass is 333 g/mol. The topological polar surface area (TPSA) is 29.1 Å². The zero-order valence-corrected chi connectivity index (χ0v) is 13.5. The van der Waals surface area contributed by atoms with Crippen LogP contribution in [-0.2, 0) is 11.2 Å². The first-order chi connectivity index (χ1) is 10.6. The second kappa shape index (κ2) is 6.31. The fraction of sp³-hybridized carbons (Fsp3) is 0.278. The van der Waals surface area contributed by atoms with Gasteiger partial charge < -0.3 is 5.32 Å². The van der Waals surface area contributed by atoms with Crippen molar-refractivity contribution in [2.24, 2.45) is 5.92 Å². The molecule has 2 nitrogen and oxygen atoms in total. The lowest BCUT2D eigenvalue weighted by Gasteiger charge is -2.05. The molecule has 1 fully saturated rings. The molecule has 3 rings (SSSR count). The fourth-order valence-electron chi connectivity index (χ4n) is 2.81. The highest BCUT2D eigenvalue weighted by Gasteiger charge is 2.67. The number of halogens is 2. The molecule has 2 atom stereocenters. The predicted molar refractivity (Wildman–Crippen MR) is 90.3 cm³/mol. The summed E-state index contributed by atoms with van der Waals surface area (Å²) in [6.45, 7) is 0.588. The maximum absolute atomic E-state index is 12.3. The first kappa shape index (κ1) is 15.4. The first-order valence-electron chi connectivity index (χ1n) is 7.35. The van der Waals surface area contributed by atoms with Gasteiger partial charge in [-0.2, -0.15) is 0 Å². The van der Waals surface area contributed by atoms with E-state index >= 15 is 0 Å². The van der Waals surface area contributed by atoms with Crippen LogP contribution in [0, 0.1) is 5.92 Å². The zero-order chi connectivity index (χ0) is 15.6. The average molecular weight is 334 g/mol. The SMILES string of the molecule is O=C(NCCc1ccccc1)C1C(c2ccccc2)C1(Cl)Cl. The highest BCUT2D eigenvalue weighted by molar-refractivity contribution is 6.53. The Labute approximate surface area is 140 Å². The largest absolute Gasteiger partial charge is 0.355 e. The van der Waals surface area contributed by atoms with Gasteiger partial charge in [0.25, 0.3) is 0 Å². The summed E-state index contributed by atoms with van der Waals surface area (Å²) in [4.78, 5) is 12.3. The molecule has 0 spiro atoms. The van der Waals surface area contributed by atoms with Crippen molar-refractivity contribution >= 4 is 29.1 Å². The zero-order valence-electron chi connectivity index (χ0n) is 12.0. The third-order valence-electron chi connectivity index (χ3n) is 4.05. The van der Waals surface area contributed by atoms with Gasteiger partial charge in [-0.15, -0.1) is 23.2 Å². The standard InChI is InChI=1S/C18H17Cl2NO/c19-18(20)15(14-9-5-2-6-10-14)16(18)17(22)21-12-11-13-7-3-1-4-8-13/h1-10,15-16H,11-12H2,(H,21,22). The van der Waals surface area contributed by atoms with Crippen molar-refractivity contribution in [1.82, 2.24) is 5.32 Å². The van der Waals surface area contributed by atoms with Crippen LogP contribution in [0.4, 0.5) is 0 Å². The molecule has 22 heavy (non-hydrogen) atoms. The summed E-state index contributed by atoms with van der Waals surface area (Å²) in [6, 6.07) is 19.8. The first-order valence-corrected chi connectivity index (χ1v) is 8.10. The molecule has 0 radical (unpaired) electrons. The van der Waals surface area contributed by atoms with E-state index in [1.54, 1.807) is 0 Å². The van der Waals surface area contributed by atoms with E-state index < -0.39 is 4.33 Å². The summed E-state index contributed by atoms with van der Waals surface area (Å²) in [5, 5.41) is 2.94. The number of carbonyl (C=O) groups is 1. The lowest BCUT2D eigenvalue weighted by atomic mass is 10.1. The van der Waals surface area contributed by atoms with E-state index in [1.165, 1.54) is 5.56 Å². The maximum atomic E-state index is 12.3. The van der Waals surface area contributed by atoms with E-state index in [0.29, 0.717) is 6.54 Å². The van der Waals surface area contributed by atoms with Crippen LogP contribution in [0.2, 0.25) is 0 Å². The van der Waals surface area contributed by atoms with Crippen LogP contribution in [0.25, 0.3) is 0 Å². The smallest absolute Gasteiger partial charge is 0.226 e. The maximum Gasteiger partial charge on any atom is 0.226 e. The third-order valence-corrected chi connectivity index (χ3v) is 4.99. The number of hydrogen-bond donors (Lipinski definition) is 1. The van der Waals surface area contributed by atoms with E-state index in [2.05, 4.69) is 5.32 Å².